The van der Waals surface area contributed by atoms with E-state index in [4.69, 9.17) is 0 Å². The van der Waals surface area contributed by atoms with Crippen LogP contribution in [0.15, 0.2) is 59.1 Å². The Bertz CT molecular complexity index is 633. The van der Waals surface area contributed by atoms with E-state index < -0.39 is 5.60 Å². The van der Waals surface area contributed by atoms with E-state index in [-0.39, 0.29) is 5.92 Å². The Morgan fingerprint density at radius 1 is 1.00 bits per heavy atom. The van der Waals surface area contributed by atoms with Crippen molar-refractivity contribution in [2.75, 3.05) is 19.6 Å². The van der Waals surface area contributed by atoms with Crippen LogP contribution < -0.4 is 0 Å². The molecule has 128 valence electrons. The fraction of sp³-hybridized carbons (Fsp3) is 0.429. The molecule has 0 bridgehead atoms. The van der Waals surface area contributed by atoms with Crippen LogP contribution in [0.25, 0.3) is 0 Å². The van der Waals surface area contributed by atoms with Crippen LogP contribution in [0.5, 0.6) is 0 Å². The van der Waals surface area contributed by atoms with Gasteiger partial charge in [0.2, 0.25) is 0 Å². The van der Waals surface area contributed by atoms with E-state index in [9.17, 15) is 5.11 Å². The molecule has 0 amide bonds. The Morgan fingerprint density at radius 2 is 1.62 bits per heavy atom. The van der Waals surface area contributed by atoms with E-state index in [1.807, 2.05) is 37.3 Å². The number of hydrogen-bond donors (Lipinski definition) is 1. The van der Waals surface area contributed by atoms with E-state index in [0.29, 0.717) is 0 Å². The van der Waals surface area contributed by atoms with Gasteiger partial charge < -0.3 is 10.0 Å². The molecule has 2 nitrogen and oxygen atoms in total. The predicted octanol–water partition coefficient (Wildman–Crippen LogP) is 4.93. The molecule has 1 aliphatic heterocycles. The largest absolute Gasteiger partial charge is 0.385 e. The number of nitrogens with zero attached hydrogens (tertiary/aromatic N) is 1. The minimum absolute atomic E-state index is 0.0537. The second kappa shape index (κ2) is 7.81. The summed E-state index contributed by atoms with van der Waals surface area (Å²) >= 11 is 3.48. The highest BCUT2D eigenvalue weighted by atomic mass is 79.9. The standard InChI is InChI=1S/C21H26BrNO/c1-21(24,18-10-12-19(22)13-11-18)20(17-8-4-2-5-9-17)16-23-14-6-3-7-15-23/h2,4-5,8-13,20,24H,3,6-7,14-16H2,1H3/t20-,21+/m0/s1. The second-order valence-corrected chi connectivity index (χ2v) is 7.89. The van der Waals surface area contributed by atoms with Crippen molar-refractivity contribution >= 4 is 15.9 Å². The molecule has 0 aliphatic carbocycles. The molecule has 24 heavy (non-hydrogen) atoms. The van der Waals surface area contributed by atoms with Gasteiger partial charge >= 0.3 is 0 Å². The molecule has 1 heterocycles. The van der Waals surface area contributed by atoms with Crippen LogP contribution in [0.4, 0.5) is 0 Å². The van der Waals surface area contributed by atoms with Crippen molar-refractivity contribution < 1.29 is 5.11 Å². The minimum Gasteiger partial charge on any atom is -0.385 e. The first-order valence-electron chi connectivity index (χ1n) is 8.83. The summed E-state index contributed by atoms with van der Waals surface area (Å²) < 4.78 is 1.04. The van der Waals surface area contributed by atoms with Crippen LogP contribution in [0.2, 0.25) is 0 Å². The predicted molar refractivity (Wildman–Crippen MR) is 103 cm³/mol. The number of aliphatic hydroxyl groups is 1. The van der Waals surface area contributed by atoms with Gasteiger partial charge in [-0.1, -0.05) is 64.8 Å². The van der Waals surface area contributed by atoms with Crippen LogP contribution >= 0.6 is 15.9 Å². The van der Waals surface area contributed by atoms with E-state index in [2.05, 4.69) is 45.1 Å². The lowest BCUT2D eigenvalue weighted by atomic mass is 9.78. The van der Waals surface area contributed by atoms with Crippen molar-refractivity contribution in [3.8, 4) is 0 Å². The van der Waals surface area contributed by atoms with E-state index in [1.165, 1.54) is 24.8 Å². The van der Waals surface area contributed by atoms with Gasteiger partial charge in [-0.2, -0.15) is 0 Å². The summed E-state index contributed by atoms with van der Waals surface area (Å²) in [4.78, 5) is 2.51. The smallest absolute Gasteiger partial charge is 0.0949 e. The van der Waals surface area contributed by atoms with E-state index in [0.717, 1.165) is 29.7 Å². The average Bonchev–Trinajstić information content (AvgIpc) is 2.61. The maximum absolute atomic E-state index is 11.5. The molecule has 1 N–H and O–H groups in total. The Hall–Kier alpha value is -1.16. The average molecular weight is 388 g/mol. The number of halogens is 1. The normalized spacial score (nSPS) is 19.6. The number of benzene rings is 2. The lowest BCUT2D eigenvalue weighted by molar-refractivity contribution is 0.0107. The summed E-state index contributed by atoms with van der Waals surface area (Å²) in [7, 11) is 0. The molecule has 3 rings (SSSR count). The Kier molecular flexibility index (Phi) is 5.75. The monoisotopic (exact) mass is 387 g/mol. The summed E-state index contributed by atoms with van der Waals surface area (Å²) in [6.07, 6.45) is 3.86. The zero-order valence-corrected chi connectivity index (χ0v) is 15.9. The number of likely N-dealkylation sites (tertiary alicyclic amines) is 1. The molecular weight excluding hydrogens is 362 g/mol. The molecule has 2 aromatic carbocycles. The topological polar surface area (TPSA) is 23.5 Å². The molecule has 0 radical (unpaired) electrons. The van der Waals surface area contributed by atoms with Gasteiger partial charge in [0.25, 0.3) is 0 Å². The Balaban J connectivity index is 1.91. The first kappa shape index (κ1) is 17.7. The SMILES string of the molecule is C[C@@](O)(c1ccc(Br)cc1)[C@@H](CN1CCCCC1)c1ccccc1. The van der Waals surface area contributed by atoms with Crippen LogP contribution in [-0.4, -0.2) is 29.6 Å². The molecule has 1 fully saturated rings. The summed E-state index contributed by atoms with van der Waals surface area (Å²) in [5.74, 6) is 0.0537. The van der Waals surface area contributed by atoms with Crippen LogP contribution in [0, 0.1) is 0 Å². The minimum atomic E-state index is -0.903. The lowest BCUT2D eigenvalue weighted by Gasteiger charge is -2.38. The van der Waals surface area contributed by atoms with Crippen molar-refractivity contribution in [3.05, 3.63) is 70.2 Å². The highest BCUT2D eigenvalue weighted by Gasteiger charge is 2.36. The Morgan fingerprint density at radius 3 is 2.25 bits per heavy atom. The van der Waals surface area contributed by atoms with Crippen LogP contribution in [0.1, 0.15) is 43.2 Å². The third-order valence-electron chi connectivity index (χ3n) is 5.20. The summed E-state index contributed by atoms with van der Waals surface area (Å²) in [6.45, 7) is 5.13. The molecule has 1 aliphatic rings. The first-order valence-corrected chi connectivity index (χ1v) is 9.62. The van der Waals surface area contributed by atoms with Gasteiger partial charge in [-0.05, 0) is 56.1 Å². The fourth-order valence-electron chi connectivity index (χ4n) is 3.68. The molecule has 2 aromatic rings. The summed E-state index contributed by atoms with van der Waals surface area (Å²) in [5.41, 5.74) is 1.27. The molecule has 0 unspecified atom stereocenters. The van der Waals surface area contributed by atoms with Crippen molar-refractivity contribution in [3.63, 3.8) is 0 Å². The van der Waals surface area contributed by atoms with Crippen molar-refractivity contribution in [2.45, 2.75) is 37.7 Å². The van der Waals surface area contributed by atoms with E-state index in [1.54, 1.807) is 0 Å². The molecule has 0 saturated carbocycles. The van der Waals surface area contributed by atoms with Gasteiger partial charge in [0.15, 0.2) is 0 Å². The maximum atomic E-state index is 11.5. The number of piperidine rings is 1. The third-order valence-corrected chi connectivity index (χ3v) is 5.73. The van der Waals surface area contributed by atoms with Crippen molar-refractivity contribution in [2.24, 2.45) is 0 Å². The van der Waals surface area contributed by atoms with E-state index >= 15 is 0 Å². The zero-order valence-electron chi connectivity index (χ0n) is 14.3. The fourth-order valence-corrected chi connectivity index (χ4v) is 3.95. The van der Waals surface area contributed by atoms with Gasteiger partial charge in [0.05, 0.1) is 5.60 Å². The van der Waals surface area contributed by atoms with Gasteiger partial charge in [0, 0.05) is 16.9 Å². The maximum Gasteiger partial charge on any atom is 0.0949 e. The van der Waals surface area contributed by atoms with Crippen molar-refractivity contribution in [1.29, 1.82) is 0 Å². The molecule has 3 heteroatoms. The summed E-state index contributed by atoms with van der Waals surface area (Å²) in [5, 5.41) is 11.5. The van der Waals surface area contributed by atoms with Crippen LogP contribution in [-0.2, 0) is 5.60 Å². The zero-order chi connectivity index (χ0) is 17.0. The highest BCUT2D eigenvalue weighted by Crippen LogP contribution is 2.38. The first-order chi connectivity index (χ1) is 11.6. The molecule has 0 aromatic heterocycles. The molecule has 1 saturated heterocycles. The van der Waals surface area contributed by atoms with Crippen molar-refractivity contribution in [1.82, 2.24) is 4.90 Å². The van der Waals surface area contributed by atoms with Crippen LogP contribution in [0.3, 0.4) is 0 Å². The summed E-state index contributed by atoms with van der Waals surface area (Å²) in [6, 6.07) is 18.5. The van der Waals surface area contributed by atoms with Gasteiger partial charge in [-0.25, -0.2) is 0 Å². The lowest BCUT2D eigenvalue weighted by Crippen LogP contribution is -2.41. The third kappa shape index (κ3) is 4.08. The number of hydrogen-bond acceptors (Lipinski definition) is 2. The van der Waals surface area contributed by atoms with Gasteiger partial charge in [-0.15, -0.1) is 0 Å². The quantitative estimate of drug-likeness (QED) is 0.786. The molecule has 2 atom stereocenters. The molecule has 0 spiro atoms. The Labute approximate surface area is 153 Å². The molecular formula is C21H26BrNO. The highest BCUT2D eigenvalue weighted by molar-refractivity contribution is 9.10. The van der Waals surface area contributed by atoms with Gasteiger partial charge in [-0.3, -0.25) is 0 Å². The van der Waals surface area contributed by atoms with Gasteiger partial charge in [0.1, 0.15) is 0 Å². The number of rotatable bonds is 5. The second-order valence-electron chi connectivity index (χ2n) is 6.98.